The van der Waals surface area contributed by atoms with Crippen molar-refractivity contribution in [3.8, 4) is 0 Å². The minimum atomic E-state index is 0. The molecule has 2 heterocycles. The number of rotatable bonds is 5. The van der Waals surface area contributed by atoms with Crippen LogP contribution >= 0.6 is 35.6 Å². The highest BCUT2D eigenvalue weighted by Gasteiger charge is 2.18. The number of likely N-dealkylation sites (tertiary alicyclic amines) is 1. The molecule has 0 atom stereocenters. The molecule has 0 spiro atoms. The van der Waals surface area contributed by atoms with Crippen LogP contribution in [0.1, 0.15) is 19.3 Å². The van der Waals surface area contributed by atoms with Crippen LogP contribution in [0.25, 0.3) is 0 Å². The second kappa shape index (κ2) is 11.2. The van der Waals surface area contributed by atoms with E-state index in [9.17, 15) is 0 Å². The number of hydrogen-bond donors (Lipinski definition) is 1. The van der Waals surface area contributed by atoms with E-state index in [1.807, 2.05) is 19.2 Å². The Kier molecular flexibility index (Phi) is 9.28. The van der Waals surface area contributed by atoms with Gasteiger partial charge in [0, 0.05) is 63.6 Å². The highest BCUT2D eigenvalue weighted by atomic mass is 127. The Hall–Kier alpha value is -0.730. The van der Waals surface area contributed by atoms with Gasteiger partial charge in [0.05, 0.1) is 0 Å². The predicted octanol–water partition coefficient (Wildman–Crippen LogP) is 3.14. The molecule has 2 aliphatic heterocycles. The summed E-state index contributed by atoms with van der Waals surface area (Å²) in [5.74, 6) is 1.07. The molecule has 1 N–H and O–H groups in total. The molecule has 26 heavy (non-hydrogen) atoms. The molecule has 0 unspecified atom stereocenters. The fourth-order valence-electron chi connectivity index (χ4n) is 3.67. The lowest BCUT2D eigenvalue weighted by atomic mass is 10.2. The van der Waals surface area contributed by atoms with Crippen molar-refractivity contribution in [3.63, 3.8) is 0 Å². The standard InChI is InChI=1S/C19H30ClN5.HI/c1-21-19(25-10-2-3-11-25)22-8-5-9-23-12-14-24(15-13-23)18-7-4-6-17(20)16-18;/h4,6-7,16H,2-3,5,8-15H2,1H3,(H,21,22);1H. The molecule has 3 rings (SSSR count). The first-order chi connectivity index (χ1) is 12.3. The maximum Gasteiger partial charge on any atom is 0.193 e. The van der Waals surface area contributed by atoms with Gasteiger partial charge in [-0.15, -0.1) is 24.0 Å². The van der Waals surface area contributed by atoms with Crippen molar-refractivity contribution in [3.05, 3.63) is 29.3 Å². The molecule has 0 saturated carbocycles. The van der Waals surface area contributed by atoms with E-state index in [4.69, 9.17) is 11.6 Å². The first kappa shape index (κ1) is 21.6. The summed E-state index contributed by atoms with van der Waals surface area (Å²) in [5.41, 5.74) is 1.24. The minimum absolute atomic E-state index is 0. The zero-order valence-electron chi connectivity index (χ0n) is 15.7. The molecule has 0 radical (unpaired) electrons. The molecular weight excluding hydrogens is 461 g/mol. The Labute approximate surface area is 179 Å². The maximum atomic E-state index is 6.10. The SMILES string of the molecule is CN=C(NCCCN1CCN(c2cccc(Cl)c2)CC1)N1CCCC1.I. The Bertz CT molecular complexity index is 569. The number of halogens is 2. The van der Waals surface area contributed by atoms with Gasteiger partial charge >= 0.3 is 0 Å². The topological polar surface area (TPSA) is 34.1 Å². The van der Waals surface area contributed by atoms with Crippen LogP contribution in [0.4, 0.5) is 5.69 Å². The number of nitrogens with zero attached hydrogens (tertiary/aromatic N) is 4. The van der Waals surface area contributed by atoms with E-state index in [1.54, 1.807) is 0 Å². The zero-order chi connectivity index (χ0) is 17.5. The summed E-state index contributed by atoms with van der Waals surface area (Å²) in [6.07, 6.45) is 3.74. The van der Waals surface area contributed by atoms with Gasteiger partial charge in [-0.1, -0.05) is 17.7 Å². The highest BCUT2D eigenvalue weighted by Crippen LogP contribution is 2.20. The van der Waals surface area contributed by atoms with Crippen molar-refractivity contribution in [1.82, 2.24) is 15.1 Å². The number of aliphatic imine (C=N–C) groups is 1. The van der Waals surface area contributed by atoms with Gasteiger partial charge in [-0.05, 0) is 44.0 Å². The van der Waals surface area contributed by atoms with Crippen LogP contribution in [-0.2, 0) is 0 Å². The summed E-state index contributed by atoms with van der Waals surface area (Å²) >= 11 is 6.10. The molecule has 1 aromatic carbocycles. The van der Waals surface area contributed by atoms with E-state index >= 15 is 0 Å². The molecule has 146 valence electrons. The second-order valence-electron chi connectivity index (χ2n) is 6.83. The smallest absolute Gasteiger partial charge is 0.193 e. The Morgan fingerprint density at radius 1 is 1.12 bits per heavy atom. The normalized spacial score (nSPS) is 18.8. The van der Waals surface area contributed by atoms with Crippen LogP contribution in [-0.4, -0.2) is 75.2 Å². The molecular formula is C19H31ClIN5. The first-order valence-electron chi connectivity index (χ1n) is 9.45. The molecule has 0 aromatic heterocycles. The van der Waals surface area contributed by atoms with Gasteiger partial charge in [0.2, 0.25) is 0 Å². The van der Waals surface area contributed by atoms with E-state index in [1.165, 1.54) is 18.5 Å². The molecule has 1 aromatic rings. The Morgan fingerprint density at radius 3 is 2.50 bits per heavy atom. The van der Waals surface area contributed by atoms with Crippen LogP contribution < -0.4 is 10.2 Å². The van der Waals surface area contributed by atoms with E-state index in [0.29, 0.717) is 0 Å². The highest BCUT2D eigenvalue weighted by molar-refractivity contribution is 14.0. The molecule has 0 bridgehead atoms. The summed E-state index contributed by atoms with van der Waals surface area (Å²) in [4.78, 5) is 11.8. The van der Waals surface area contributed by atoms with Crippen LogP contribution in [0.15, 0.2) is 29.3 Å². The average molecular weight is 492 g/mol. The number of guanidine groups is 1. The number of nitrogens with one attached hydrogen (secondary N) is 1. The van der Waals surface area contributed by atoms with Gasteiger partial charge < -0.3 is 15.1 Å². The lowest BCUT2D eigenvalue weighted by Gasteiger charge is -2.36. The number of hydrogen-bond acceptors (Lipinski definition) is 3. The Morgan fingerprint density at radius 2 is 1.85 bits per heavy atom. The molecule has 0 aliphatic carbocycles. The van der Waals surface area contributed by atoms with Gasteiger partial charge in [0.25, 0.3) is 0 Å². The minimum Gasteiger partial charge on any atom is -0.369 e. The van der Waals surface area contributed by atoms with Crippen molar-refractivity contribution in [2.45, 2.75) is 19.3 Å². The monoisotopic (exact) mass is 491 g/mol. The number of anilines is 1. The lowest BCUT2D eigenvalue weighted by Crippen LogP contribution is -2.47. The van der Waals surface area contributed by atoms with Crippen molar-refractivity contribution < 1.29 is 0 Å². The van der Waals surface area contributed by atoms with Crippen LogP contribution in [0.2, 0.25) is 5.02 Å². The first-order valence-corrected chi connectivity index (χ1v) is 9.82. The van der Waals surface area contributed by atoms with E-state index in [0.717, 1.165) is 69.8 Å². The van der Waals surface area contributed by atoms with Crippen LogP contribution in [0, 0.1) is 0 Å². The van der Waals surface area contributed by atoms with Gasteiger partial charge in [-0.25, -0.2) is 0 Å². The van der Waals surface area contributed by atoms with Crippen LogP contribution in [0.5, 0.6) is 0 Å². The number of benzene rings is 1. The summed E-state index contributed by atoms with van der Waals surface area (Å²) < 4.78 is 0. The lowest BCUT2D eigenvalue weighted by molar-refractivity contribution is 0.255. The van der Waals surface area contributed by atoms with E-state index in [-0.39, 0.29) is 24.0 Å². The average Bonchev–Trinajstić information content (AvgIpc) is 3.17. The van der Waals surface area contributed by atoms with Crippen molar-refractivity contribution in [2.24, 2.45) is 4.99 Å². The summed E-state index contributed by atoms with van der Waals surface area (Å²) in [5, 5.41) is 4.33. The summed E-state index contributed by atoms with van der Waals surface area (Å²) in [6, 6.07) is 8.17. The van der Waals surface area contributed by atoms with E-state index in [2.05, 4.69) is 37.1 Å². The summed E-state index contributed by atoms with van der Waals surface area (Å²) in [6.45, 7) is 8.81. The zero-order valence-corrected chi connectivity index (χ0v) is 18.7. The fraction of sp³-hybridized carbons (Fsp3) is 0.632. The van der Waals surface area contributed by atoms with E-state index < -0.39 is 0 Å². The van der Waals surface area contributed by atoms with Crippen molar-refractivity contribution in [1.29, 1.82) is 0 Å². The van der Waals surface area contributed by atoms with Gasteiger partial charge in [0.1, 0.15) is 0 Å². The molecule has 2 aliphatic rings. The van der Waals surface area contributed by atoms with Gasteiger partial charge in [-0.3, -0.25) is 9.89 Å². The summed E-state index contributed by atoms with van der Waals surface area (Å²) in [7, 11) is 1.88. The predicted molar refractivity (Wildman–Crippen MR) is 122 cm³/mol. The Balaban J connectivity index is 0.00000243. The molecule has 2 saturated heterocycles. The quantitative estimate of drug-likeness (QED) is 0.297. The second-order valence-corrected chi connectivity index (χ2v) is 7.27. The third-order valence-electron chi connectivity index (χ3n) is 5.10. The van der Waals surface area contributed by atoms with Crippen molar-refractivity contribution >= 4 is 47.2 Å². The molecule has 2 fully saturated rings. The third kappa shape index (κ3) is 6.16. The molecule has 0 amide bonds. The third-order valence-corrected chi connectivity index (χ3v) is 5.33. The van der Waals surface area contributed by atoms with Gasteiger partial charge in [0.15, 0.2) is 5.96 Å². The van der Waals surface area contributed by atoms with Crippen molar-refractivity contribution in [2.75, 3.05) is 64.3 Å². The largest absolute Gasteiger partial charge is 0.369 e. The number of piperazine rings is 1. The van der Waals surface area contributed by atoms with Crippen LogP contribution in [0.3, 0.4) is 0 Å². The molecule has 5 nitrogen and oxygen atoms in total. The molecule has 7 heteroatoms. The fourth-order valence-corrected chi connectivity index (χ4v) is 3.85. The van der Waals surface area contributed by atoms with Gasteiger partial charge in [-0.2, -0.15) is 0 Å². The maximum absolute atomic E-state index is 6.10.